The molecular weight excluding hydrogens is 394 g/mol. The smallest absolute Gasteiger partial charge is 0.224 e. The molecule has 0 fully saturated rings. The molecule has 2 aromatic carbocycles. The number of carbonyl (C=O) groups is 1. The molecule has 1 heterocycles. The van der Waals surface area contributed by atoms with E-state index < -0.39 is 0 Å². The van der Waals surface area contributed by atoms with Crippen LogP contribution in [0, 0.1) is 20.8 Å². The van der Waals surface area contributed by atoms with E-state index in [1.165, 1.54) is 11.1 Å². The highest BCUT2D eigenvalue weighted by Gasteiger charge is 2.11. The maximum atomic E-state index is 12.4. The summed E-state index contributed by atoms with van der Waals surface area (Å²) in [6, 6.07) is 12.5. The Balaban J connectivity index is 1.52. The summed E-state index contributed by atoms with van der Waals surface area (Å²) >= 11 is 1.56. The molecule has 0 unspecified atom stereocenters. The number of amides is 1. The largest absolute Gasteiger partial charge is 0.326 e. The first-order chi connectivity index (χ1) is 14.3. The second-order valence-corrected chi connectivity index (χ2v) is 8.96. The Kier molecular flexibility index (Phi) is 7.26. The van der Waals surface area contributed by atoms with E-state index in [1.54, 1.807) is 16.4 Å². The molecular formula is C23H29N5OS. The maximum Gasteiger partial charge on any atom is 0.224 e. The number of benzene rings is 2. The van der Waals surface area contributed by atoms with Crippen molar-refractivity contribution in [2.75, 3.05) is 11.1 Å². The Morgan fingerprint density at radius 3 is 2.40 bits per heavy atom. The van der Waals surface area contributed by atoms with Crippen LogP contribution in [0.2, 0.25) is 0 Å². The first-order valence-electron chi connectivity index (χ1n) is 10.2. The highest BCUT2D eigenvalue weighted by atomic mass is 32.2. The van der Waals surface area contributed by atoms with Crippen LogP contribution in [0.3, 0.4) is 0 Å². The Morgan fingerprint density at radius 1 is 1.10 bits per heavy atom. The number of thioether (sulfide) groups is 1. The van der Waals surface area contributed by atoms with E-state index in [1.807, 2.05) is 26.0 Å². The van der Waals surface area contributed by atoms with E-state index in [0.29, 0.717) is 12.3 Å². The van der Waals surface area contributed by atoms with Crippen LogP contribution in [0.5, 0.6) is 0 Å². The van der Waals surface area contributed by atoms with Crippen LogP contribution in [0.4, 0.5) is 5.69 Å². The zero-order chi connectivity index (χ0) is 21.7. The highest BCUT2D eigenvalue weighted by molar-refractivity contribution is 7.99. The third-order valence-corrected chi connectivity index (χ3v) is 5.97. The molecule has 0 aliphatic rings. The molecule has 158 valence electrons. The van der Waals surface area contributed by atoms with Gasteiger partial charge in [0.25, 0.3) is 0 Å². The minimum Gasteiger partial charge on any atom is -0.326 e. The molecule has 30 heavy (non-hydrogen) atoms. The van der Waals surface area contributed by atoms with Crippen molar-refractivity contribution < 1.29 is 4.79 Å². The van der Waals surface area contributed by atoms with Gasteiger partial charge in [-0.15, -0.1) is 5.10 Å². The summed E-state index contributed by atoms with van der Waals surface area (Å²) in [7, 11) is 0. The lowest BCUT2D eigenvalue weighted by atomic mass is 10.0. The van der Waals surface area contributed by atoms with Crippen LogP contribution in [0.15, 0.2) is 41.6 Å². The molecule has 1 aromatic heterocycles. The fourth-order valence-electron chi connectivity index (χ4n) is 3.41. The topological polar surface area (TPSA) is 72.7 Å². The van der Waals surface area contributed by atoms with Gasteiger partial charge in [0.1, 0.15) is 0 Å². The number of tetrazole rings is 1. The van der Waals surface area contributed by atoms with Gasteiger partial charge in [-0.2, -0.15) is 4.68 Å². The Morgan fingerprint density at radius 2 is 1.77 bits per heavy atom. The predicted octanol–water partition coefficient (Wildman–Crippen LogP) is 5.22. The highest BCUT2D eigenvalue weighted by Crippen LogP contribution is 2.24. The maximum absolute atomic E-state index is 12.4. The quantitative estimate of drug-likeness (QED) is 0.397. The van der Waals surface area contributed by atoms with E-state index in [0.717, 1.165) is 39.8 Å². The van der Waals surface area contributed by atoms with Crippen molar-refractivity contribution in [1.82, 2.24) is 20.2 Å². The van der Waals surface area contributed by atoms with E-state index in [9.17, 15) is 4.79 Å². The molecule has 0 radical (unpaired) electrons. The number of rotatable bonds is 8. The number of hydrogen-bond acceptors (Lipinski definition) is 5. The van der Waals surface area contributed by atoms with Gasteiger partial charge in [0.15, 0.2) is 0 Å². The summed E-state index contributed by atoms with van der Waals surface area (Å²) in [5.41, 5.74) is 6.54. The summed E-state index contributed by atoms with van der Waals surface area (Å²) < 4.78 is 1.74. The number of hydrogen-bond donors (Lipinski definition) is 1. The molecule has 3 rings (SSSR count). The predicted molar refractivity (Wildman–Crippen MR) is 122 cm³/mol. The molecule has 1 N–H and O–H groups in total. The minimum atomic E-state index is 0.0366. The first-order valence-corrected chi connectivity index (χ1v) is 11.2. The fraction of sp³-hybridized carbons (Fsp3) is 0.391. The Hall–Kier alpha value is -2.67. The normalized spacial score (nSPS) is 11.1. The van der Waals surface area contributed by atoms with Crippen LogP contribution in [-0.2, 0) is 4.79 Å². The Bertz CT molecular complexity index is 988. The number of aryl methyl sites for hydroxylation is 3. The molecule has 7 heteroatoms. The van der Waals surface area contributed by atoms with Gasteiger partial charge >= 0.3 is 0 Å². The van der Waals surface area contributed by atoms with Crippen LogP contribution in [0.25, 0.3) is 5.69 Å². The zero-order valence-corrected chi connectivity index (χ0v) is 19.1. The van der Waals surface area contributed by atoms with Gasteiger partial charge in [-0.05, 0) is 72.4 Å². The van der Waals surface area contributed by atoms with Crippen molar-refractivity contribution in [2.24, 2.45) is 0 Å². The summed E-state index contributed by atoms with van der Waals surface area (Å²) in [6.07, 6.45) is 1.21. The fourth-order valence-corrected chi connectivity index (χ4v) is 4.24. The molecule has 0 spiro atoms. The van der Waals surface area contributed by atoms with Crippen LogP contribution in [-0.4, -0.2) is 31.9 Å². The molecule has 3 aromatic rings. The molecule has 0 aliphatic carbocycles. The lowest BCUT2D eigenvalue weighted by molar-refractivity contribution is -0.116. The molecule has 0 aliphatic heterocycles. The average molecular weight is 424 g/mol. The van der Waals surface area contributed by atoms with E-state index in [-0.39, 0.29) is 5.91 Å². The third-order valence-electron chi connectivity index (χ3n) is 4.97. The van der Waals surface area contributed by atoms with Gasteiger partial charge in [0, 0.05) is 17.9 Å². The van der Waals surface area contributed by atoms with Gasteiger partial charge in [-0.1, -0.05) is 55.4 Å². The van der Waals surface area contributed by atoms with Crippen molar-refractivity contribution in [3.63, 3.8) is 0 Å². The van der Waals surface area contributed by atoms with Crippen molar-refractivity contribution in [2.45, 2.75) is 58.5 Å². The van der Waals surface area contributed by atoms with E-state index >= 15 is 0 Å². The van der Waals surface area contributed by atoms with Crippen molar-refractivity contribution >= 4 is 23.4 Å². The third kappa shape index (κ3) is 5.48. The first kappa shape index (κ1) is 22.0. The lowest BCUT2D eigenvalue weighted by Gasteiger charge is -2.12. The second kappa shape index (κ2) is 9.89. The lowest BCUT2D eigenvalue weighted by Crippen LogP contribution is -2.13. The van der Waals surface area contributed by atoms with Crippen molar-refractivity contribution in [3.8, 4) is 5.69 Å². The minimum absolute atomic E-state index is 0.0366. The summed E-state index contributed by atoms with van der Waals surface area (Å²) in [5, 5.41) is 15.8. The molecule has 0 atom stereocenters. The average Bonchev–Trinajstić information content (AvgIpc) is 3.16. The van der Waals surface area contributed by atoms with Gasteiger partial charge < -0.3 is 5.32 Å². The zero-order valence-electron chi connectivity index (χ0n) is 18.3. The number of nitrogens with zero attached hydrogens (tertiary/aromatic N) is 4. The number of aromatic nitrogens is 4. The van der Waals surface area contributed by atoms with Crippen LogP contribution >= 0.6 is 11.8 Å². The molecule has 0 saturated carbocycles. The van der Waals surface area contributed by atoms with Crippen LogP contribution in [0.1, 0.15) is 54.9 Å². The standard InChI is InChI=1S/C23H29N5OS/c1-15(2)19-8-10-20(11-9-19)28-23(25-26-27-28)30-12-6-7-21(29)24-22-17(4)13-16(3)14-18(22)5/h8-11,13-15H,6-7,12H2,1-5H3,(H,24,29). The van der Waals surface area contributed by atoms with Gasteiger partial charge in [0.2, 0.25) is 11.1 Å². The van der Waals surface area contributed by atoms with Gasteiger partial charge in [-0.3, -0.25) is 4.79 Å². The Labute approximate surface area is 182 Å². The molecule has 0 bridgehead atoms. The van der Waals surface area contributed by atoms with Crippen molar-refractivity contribution in [1.29, 1.82) is 0 Å². The second-order valence-electron chi connectivity index (χ2n) is 7.89. The number of carbonyl (C=O) groups excluding carboxylic acids is 1. The summed E-state index contributed by atoms with van der Waals surface area (Å²) in [4.78, 5) is 12.4. The van der Waals surface area contributed by atoms with Crippen LogP contribution < -0.4 is 5.32 Å². The van der Waals surface area contributed by atoms with E-state index in [4.69, 9.17) is 0 Å². The molecule has 0 saturated heterocycles. The van der Waals surface area contributed by atoms with E-state index in [2.05, 4.69) is 65.9 Å². The molecule has 1 amide bonds. The van der Waals surface area contributed by atoms with Gasteiger partial charge in [-0.25, -0.2) is 0 Å². The number of anilines is 1. The SMILES string of the molecule is Cc1cc(C)c(NC(=O)CCCSc2nnnn2-c2ccc(C(C)C)cc2)c(C)c1. The van der Waals surface area contributed by atoms with Gasteiger partial charge in [0.05, 0.1) is 5.69 Å². The summed E-state index contributed by atoms with van der Waals surface area (Å²) in [5.74, 6) is 1.29. The number of nitrogens with one attached hydrogen (secondary N) is 1. The van der Waals surface area contributed by atoms with Crippen molar-refractivity contribution in [3.05, 3.63) is 58.7 Å². The molecule has 6 nitrogen and oxygen atoms in total. The monoisotopic (exact) mass is 423 g/mol. The summed E-state index contributed by atoms with van der Waals surface area (Å²) in [6.45, 7) is 10.5.